The first kappa shape index (κ1) is 15.8. The molecule has 0 aromatic heterocycles. The van der Waals surface area contributed by atoms with Crippen molar-refractivity contribution in [1.29, 1.82) is 5.26 Å². The van der Waals surface area contributed by atoms with Gasteiger partial charge in [-0.2, -0.15) is 5.26 Å². The maximum Gasteiger partial charge on any atom is 0.112 e. The van der Waals surface area contributed by atoms with E-state index in [0.29, 0.717) is 12.5 Å². The number of rotatable bonds is 5. The van der Waals surface area contributed by atoms with E-state index in [9.17, 15) is 5.26 Å². The van der Waals surface area contributed by atoms with Gasteiger partial charge in [0.25, 0.3) is 0 Å². The van der Waals surface area contributed by atoms with E-state index in [1.807, 2.05) is 6.07 Å². The molecule has 0 unspecified atom stereocenters. The number of piperidine rings is 1. The quantitative estimate of drug-likeness (QED) is 0.602. The molecule has 2 saturated heterocycles. The normalized spacial score (nSPS) is 31.6. The molecule has 0 radical (unpaired) electrons. The highest BCUT2D eigenvalue weighted by atomic mass is 35.5. The molecule has 3 rings (SSSR count). The highest BCUT2D eigenvalue weighted by Gasteiger charge is 2.50. The minimum atomic E-state index is -0.397. The lowest BCUT2D eigenvalue weighted by Gasteiger charge is -2.45. The molecule has 2 fully saturated rings. The van der Waals surface area contributed by atoms with Crippen molar-refractivity contribution in [3.8, 4) is 6.07 Å². The molecule has 0 bridgehead atoms. The smallest absolute Gasteiger partial charge is 0.112 e. The minimum Gasteiger partial charge on any atom is -0.361 e. The van der Waals surface area contributed by atoms with Crippen molar-refractivity contribution in [3.63, 3.8) is 0 Å². The van der Waals surface area contributed by atoms with Crippen LogP contribution in [0.2, 0.25) is 0 Å². The summed E-state index contributed by atoms with van der Waals surface area (Å²) in [6, 6.07) is 13.3. The van der Waals surface area contributed by atoms with Crippen LogP contribution < -0.4 is 0 Å². The highest BCUT2D eigenvalue weighted by molar-refractivity contribution is 6.17. The second kappa shape index (κ2) is 7.00. The zero-order chi connectivity index (χ0) is 15.4. The lowest BCUT2D eigenvalue weighted by atomic mass is 9.81. The van der Waals surface area contributed by atoms with Crippen molar-refractivity contribution < 1.29 is 4.74 Å². The fraction of sp³-hybridized carbons (Fsp3) is 0.611. The molecule has 0 aliphatic carbocycles. The van der Waals surface area contributed by atoms with E-state index >= 15 is 0 Å². The third-order valence-corrected chi connectivity index (χ3v) is 5.26. The fourth-order valence-electron chi connectivity index (χ4n) is 3.93. The Morgan fingerprint density at radius 3 is 2.86 bits per heavy atom. The Kier molecular flexibility index (Phi) is 5.03. The average molecular weight is 319 g/mol. The lowest BCUT2D eigenvalue weighted by Crippen LogP contribution is -2.54. The summed E-state index contributed by atoms with van der Waals surface area (Å²) >= 11 is 5.82. The molecule has 118 valence electrons. The molecule has 2 aliphatic rings. The van der Waals surface area contributed by atoms with Crippen LogP contribution >= 0.6 is 11.6 Å². The second-order valence-corrected chi connectivity index (χ2v) is 6.68. The number of hydrogen-bond donors (Lipinski definition) is 0. The Hall–Kier alpha value is -1.08. The molecule has 3 nitrogen and oxygen atoms in total. The summed E-state index contributed by atoms with van der Waals surface area (Å²) in [4.78, 5) is 2.36. The molecule has 22 heavy (non-hydrogen) atoms. The first-order valence-corrected chi connectivity index (χ1v) is 8.76. The Morgan fingerprint density at radius 2 is 2.14 bits per heavy atom. The van der Waals surface area contributed by atoms with Gasteiger partial charge < -0.3 is 4.74 Å². The summed E-state index contributed by atoms with van der Waals surface area (Å²) in [5.41, 5.74) is 0.857. The van der Waals surface area contributed by atoms with Crippen LogP contribution in [0.1, 0.15) is 50.1 Å². The largest absolute Gasteiger partial charge is 0.361 e. The molecule has 0 amide bonds. The van der Waals surface area contributed by atoms with Crippen LogP contribution in [0.4, 0.5) is 0 Å². The predicted molar refractivity (Wildman–Crippen MR) is 87.5 cm³/mol. The molecule has 1 aromatic rings. The van der Waals surface area contributed by atoms with Gasteiger partial charge in [-0.05, 0) is 44.1 Å². The van der Waals surface area contributed by atoms with Crippen LogP contribution in [-0.2, 0) is 4.74 Å². The molecule has 0 spiro atoms. The third-order valence-electron chi connectivity index (χ3n) is 4.99. The van der Waals surface area contributed by atoms with Crippen molar-refractivity contribution in [2.45, 2.75) is 56.3 Å². The van der Waals surface area contributed by atoms with Gasteiger partial charge in [-0.15, -0.1) is 11.6 Å². The number of halogens is 1. The van der Waals surface area contributed by atoms with Gasteiger partial charge in [0.05, 0.1) is 18.7 Å². The predicted octanol–water partition coefficient (Wildman–Crippen LogP) is 4.24. The van der Waals surface area contributed by atoms with E-state index in [2.05, 4.69) is 35.2 Å². The van der Waals surface area contributed by atoms with Crippen LogP contribution in [0.15, 0.2) is 30.3 Å². The Bertz CT molecular complexity index is 530. The third kappa shape index (κ3) is 2.88. The maximum atomic E-state index is 9.97. The van der Waals surface area contributed by atoms with Crippen LogP contribution in [0.5, 0.6) is 0 Å². The first-order valence-electron chi connectivity index (χ1n) is 8.23. The van der Waals surface area contributed by atoms with E-state index in [-0.39, 0.29) is 12.3 Å². The zero-order valence-electron chi connectivity index (χ0n) is 12.9. The molecular formula is C18H23ClN2O. The Labute approximate surface area is 137 Å². The number of benzene rings is 1. The van der Waals surface area contributed by atoms with Crippen molar-refractivity contribution in [1.82, 2.24) is 4.90 Å². The standard InChI is InChI=1S/C18H23ClN2O/c19-12-5-4-10-18(14-20)11-6-9-17-21(18)16(13-22-17)15-7-2-1-3-8-15/h1-3,7-8,16-17H,4-6,9-13H2/t16-,17+,18-/m0/s1. The van der Waals surface area contributed by atoms with Crippen molar-refractivity contribution in [2.24, 2.45) is 0 Å². The summed E-state index contributed by atoms with van der Waals surface area (Å²) < 4.78 is 6.04. The Morgan fingerprint density at radius 1 is 1.32 bits per heavy atom. The van der Waals surface area contributed by atoms with Gasteiger partial charge in [-0.1, -0.05) is 30.3 Å². The highest BCUT2D eigenvalue weighted by Crippen LogP contribution is 2.45. The van der Waals surface area contributed by atoms with Gasteiger partial charge in [-0.25, -0.2) is 0 Å². The van der Waals surface area contributed by atoms with E-state index in [1.165, 1.54) is 5.56 Å². The molecule has 2 heterocycles. The number of unbranched alkanes of at least 4 members (excludes halogenated alkanes) is 1. The molecule has 0 N–H and O–H groups in total. The maximum absolute atomic E-state index is 9.97. The van der Waals surface area contributed by atoms with Gasteiger partial charge in [-0.3, -0.25) is 4.90 Å². The number of nitriles is 1. The van der Waals surface area contributed by atoms with E-state index in [4.69, 9.17) is 16.3 Å². The number of ether oxygens (including phenoxy) is 1. The van der Waals surface area contributed by atoms with Crippen LogP contribution in [-0.4, -0.2) is 29.2 Å². The monoisotopic (exact) mass is 318 g/mol. The molecule has 4 heteroatoms. The topological polar surface area (TPSA) is 36.3 Å². The fourth-order valence-corrected chi connectivity index (χ4v) is 4.11. The lowest BCUT2D eigenvalue weighted by molar-refractivity contribution is -0.0553. The number of hydrogen-bond acceptors (Lipinski definition) is 3. The molecule has 2 aliphatic heterocycles. The molecule has 0 saturated carbocycles. The number of nitrogens with zero attached hydrogens (tertiary/aromatic N) is 2. The average Bonchev–Trinajstić information content (AvgIpc) is 3.01. The first-order chi connectivity index (χ1) is 10.8. The molecule has 1 aromatic carbocycles. The van der Waals surface area contributed by atoms with Gasteiger partial charge in [0.15, 0.2) is 0 Å². The van der Waals surface area contributed by atoms with Gasteiger partial charge >= 0.3 is 0 Å². The van der Waals surface area contributed by atoms with Crippen LogP contribution in [0.3, 0.4) is 0 Å². The summed E-state index contributed by atoms with van der Waals surface area (Å²) in [6.07, 6.45) is 5.99. The van der Waals surface area contributed by atoms with Crippen LogP contribution in [0, 0.1) is 11.3 Å². The number of alkyl halides is 1. The van der Waals surface area contributed by atoms with Gasteiger partial charge in [0.2, 0.25) is 0 Å². The van der Waals surface area contributed by atoms with Crippen LogP contribution in [0.25, 0.3) is 0 Å². The van der Waals surface area contributed by atoms with Crippen molar-refractivity contribution in [3.05, 3.63) is 35.9 Å². The summed E-state index contributed by atoms with van der Waals surface area (Å²) in [5.74, 6) is 0.670. The SMILES string of the molecule is N#C[C@]1(CCCCCl)CCC[C@H]2OC[C@@H](c3ccccc3)N21. The van der Waals surface area contributed by atoms with Gasteiger partial charge in [0.1, 0.15) is 11.8 Å². The van der Waals surface area contributed by atoms with Crippen molar-refractivity contribution >= 4 is 11.6 Å². The second-order valence-electron chi connectivity index (χ2n) is 6.30. The minimum absolute atomic E-state index is 0.0922. The summed E-state index contributed by atoms with van der Waals surface area (Å²) in [6.45, 7) is 0.688. The zero-order valence-corrected chi connectivity index (χ0v) is 13.6. The van der Waals surface area contributed by atoms with Crippen molar-refractivity contribution in [2.75, 3.05) is 12.5 Å². The summed E-state index contributed by atoms with van der Waals surface area (Å²) in [5, 5.41) is 9.97. The Balaban J connectivity index is 1.87. The van der Waals surface area contributed by atoms with E-state index in [1.54, 1.807) is 0 Å². The number of fused-ring (bicyclic) bond motifs is 1. The van der Waals surface area contributed by atoms with E-state index < -0.39 is 5.54 Å². The molecular weight excluding hydrogens is 296 g/mol. The van der Waals surface area contributed by atoms with E-state index in [0.717, 1.165) is 38.5 Å². The molecule has 3 atom stereocenters. The van der Waals surface area contributed by atoms with Gasteiger partial charge in [0, 0.05) is 5.88 Å². The summed E-state index contributed by atoms with van der Waals surface area (Å²) in [7, 11) is 0.